The minimum Gasteiger partial charge on any atom is -0.481 e. The predicted molar refractivity (Wildman–Crippen MR) is 59.8 cm³/mol. The van der Waals surface area contributed by atoms with Gasteiger partial charge in [-0.1, -0.05) is 12.1 Å². The second kappa shape index (κ2) is 4.65. The summed E-state index contributed by atoms with van der Waals surface area (Å²) in [6, 6.07) is 3.93. The van der Waals surface area contributed by atoms with E-state index >= 15 is 0 Å². The molecular weight excluding hydrogens is 188 g/mol. The van der Waals surface area contributed by atoms with Crippen molar-refractivity contribution in [2.24, 2.45) is 0 Å². The standard InChI is InChI=1S/C13H14O2/c1-4-5-11-6-9(2)12(8-13(14)15)10(3)7-11/h1,6-7H,5,8H2,2-3H3,(H,14,15). The normalized spacial score (nSPS) is 9.67. The lowest BCUT2D eigenvalue weighted by molar-refractivity contribution is -0.136. The molecule has 1 rings (SSSR count). The van der Waals surface area contributed by atoms with E-state index in [0.717, 1.165) is 22.3 Å². The summed E-state index contributed by atoms with van der Waals surface area (Å²) in [5.41, 5.74) is 3.97. The molecule has 0 spiro atoms. The molecule has 0 saturated carbocycles. The van der Waals surface area contributed by atoms with Gasteiger partial charge in [-0.15, -0.1) is 12.3 Å². The van der Waals surface area contributed by atoms with E-state index in [1.165, 1.54) is 0 Å². The Balaban J connectivity index is 3.10. The first kappa shape index (κ1) is 11.3. The number of aliphatic carboxylic acids is 1. The zero-order valence-corrected chi connectivity index (χ0v) is 9.00. The Hall–Kier alpha value is -1.75. The van der Waals surface area contributed by atoms with Crippen LogP contribution in [-0.4, -0.2) is 11.1 Å². The van der Waals surface area contributed by atoms with Crippen molar-refractivity contribution in [1.82, 2.24) is 0 Å². The maximum absolute atomic E-state index is 10.7. The van der Waals surface area contributed by atoms with Gasteiger partial charge in [0.05, 0.1) is 6.42 Å². The van der Waals surface area contributed by atoms with Crippen molar-refractivity contribution in [3.63, 3.8) is 0 Å². The Kier molecular flexibility index (Phi) is 3.51. The molecule has 0 amide bonds. The van der Waals surface area contributed by atoms with E-state index in [9.17, 15) is 4.79 Å². The van der Waals surface area contributed by atoms with Crippen LogP contribution in [0.25, 0.3) is 0 Å². The van der Waals surface area contributed by atoms with Crippen LogP contribution in [0, 0.1) is 26.2 Å². The Labute approximate surface area is 89.9 Å². The maximum atomic E-state index is 10.7. The molecular formula is C13H14O2. The first-order valence-electron chi connectivity index (χ1n) is 4.79. The Bertz CT molecular complexity index is 402. The molecule has 0 saturated heterocycles. The smallest absolute Gasteiger partial charge is 0.307 e. The fourth-order valence-corrected chi connectivity index (χ4v) is 1.73. The quantitative estimate of drug-likeness (QED) is 0.762. The molecule has 0 fully saturated rings. The van der Waals surface area contributed by atoms with E-state index < -0.39 is 5.97 Å². The van der Waals surface area contributed by atoms with E-state index in [0.29, 0.717) is 6.42 Å². The molecule has 1 N–H and O–H groups in total. The fourth-order valence-electron chi connectivity index (χ4n) is 1.73. The average Bonchev–Trinajstić information content (AvgIpc) is 2.11. The number of rotatable bonds is 3. The third-order valence-electron chi connectivity index (χ3n) is 2.39. The molecule has 0 bridgehead atoms. The molecule has 2 nitrogen and oxygen atoms in total. The monoisotopic (exact) mass is 202 g/mol. The molecule has 0 unspecified atom stereocenters. The number of benzene rings is 1. The summed E-state index contributed by atoms with van der Waals surface area (Å²) in [6.07, 6.45) is 5.91. The first-order valence-corrected chi connectivity index (χ1v) is 4.79. The molecule has 0 aliphatic carbocycles. The molecule has 1 aromatic carbocycles. The molecule has 15 heavy (non-hydrogen) atoms. The average molecular weight is 202 g/mol. The number of hydrogen-bond acceptors (Lipinski definition) is 1. The van der Waals surface area contributed by atoms with Gasteiger partial charge in [-0.25, -0.2) is 0 Å². The molecule has 0 aromatic heterocycles. The highest BCUT2D eigenvalue weighted by Crippen LogP contribution is 2.17. The fraction of sp³-hybridized carbons (Fsp3) is 0.308. The van der Waals surface area contributed by atoms with Crippen LogP contribution in [0.5, 0.6) is 0 Å². The number of hydrogen-bond donors (Lipinski definition) is 1. The molecule has 0 heterocycles. The largest absolute Gasteiger partial charge is 0.481 e. The van der Waals surface area contributed by atoms with Gasteiger partial charge in [0.25, 0.3) is 0 Å². The first-order chi connectivity index (χ1) is 7.04. The minimum atomic E-state index is -0.800. The van der Waals surface area contributed by atoms with Crippen molar-refractivity contribution in [2.45, 2.75) is 26.7 Å². The van der Waals surface area contributed by atoms with E-state index in [4.69, 9.17) is 11.5 Å². The van der Waals surface area contributed by atoms with E-state index in [-0.39, 0.29) is 6.42 Å². The van der Waals surface area contributed by atoms with Crippen molar-refractivity contribution < 1.29 is 9.90 Å². The van der Waals surface area contributed by atoms with Crippen LogP contribution in [0.2, 0.25) is 0 Å². The number of carboxylic acid groups (broad SMARTS) is 1. The van der Waals surface area contributed by atoms with E-state index in [1.54, 1.807) is 0 Å². The van der Waals surface area contributed by atoms with Crippen LogP contribution >= 0.6 is 0 Å². The van der Waals surface area contributed by atoms with Crippen molar-refractivity contribution >= 4 is 5.97 Å². The predicted octanol–water partition coefficient (Wildman–Crippen LogP) is 2.11. The van der Waals surface area contributed by atoms with Crippen molar-refractivity contribution in [2.75, 3.05) is 0 Å². The molecule has 0 aliphatic rings. The summed E-state index contributed by atoms with van der Waals surface area (Å²) in [4.78, 5) is 10.7. The second-order valence-corrected chi connectivity index (χ2v) is 3.66. The lowest BCUT2D eigenvalue weighted by atomic mass is 9.96. The minimum absolute atomic E-state index is 0.0774. The number of aryl methyl sites for hydroxylation is 2. The summed E-state index contributed by atoms with van der Waals surface area (Å²) >= 11 is 0. The highest BCUT2D eigenvalue weighted by atomic mass is 16.4. The van der Waals surface area contributed by atoms with Crippen molar-refractivity contribution in [3.05, 3.63) is 34.4 Å². The highest BCUT2D eigenvalue weighted by Gasteiger charge is 2.08. The number of carbonyl (C=O) groups is 1. The van der Waals surface area contributed by atoms with Crippen molar-refractivity contribution in [3.8, 4) is 12.3 Å². The summed E-state index contributed by atoms with van der Waals surface area (Å²) < 4.78 is 0. The van der Waals surface area contributed by atoms with Gasteiger partial charge >= 0.3 is 5.97 Å². The Morgan fingerprint density at radius 1 is 1.40 bits per heavy atom. The summed E-state index contributed by atoms with van der Waals surface area (Å²) in [5.74, 6) is 1.78. The van der Waals surface area contributed by atoms with Crippen LogP contribution in [-0.2, 0) is 17.6 Å². The topological polar surface area (TPSA) is 37.3 Å². The van der Waals surface area contributed by atoms with Crippen LogP contribution in [0.1, 0.15) is 22.3 Å². The van der Waals surface area contributed by atoms with E-state index in [1.807, 2.05) is 26.0 Å². The Morgan fingerprint density at radius 2 is 1.93 bits per heavy atom. The zero-order chi connectivity index (χ0) is 11.4. The second-order valence-electron chi connectivity index (χ2n) is 3.66. The van der Waals surface area contributed by atoms with E-state index in [2.05, 4.69) is 5.92 Å². The third-order valence-corrected chi connectivity index (χ3v) is 2.39. The van der Waals surface area contributed by atoms with Gasteiger partial charge < -0.3 is 5.11 Å². The molecule has 0 atom stereocenters. The molecule has 0 radical (unpaired) electrons. The van der Waals surface area contributed by atoms with Crippen LogP contribution < -0.4 is 0 Å². The maximum Gasteiger partial charge on any atom is 0.307 e. The summed E-state index contributed by atoms with van der Waals surface area (Å²) in [6.45, 7) is 3.84. The Morgan fingerprint density at radius 3 is 2.33 bits per heavy atom. The molecule has 78 valence electrons. The van der Waals surface area contributed by atoms with Crippen LogP contribution in [0.15, 0.2) is 12.1 Å². The lowest BCUT2D eigenvalue weighted by Crippen LogP contribution is -2.05. The van der Waals surface area contributed by atoms with Crippen molar-refractivity contribution in [1.29, 1.82) is 0 Å². The number of carboxylic acids is 1. The number of terminal acetylenes is 1. The van der Waals surface area contributed by atoms with Gasteiger partial charge in [0, 0.05) is 6.42 Å². The molecule has 1 aromatic rings. The lowest BCUT2D eigenvalue weighted by Gasteiger charge is -2.09. The summed E-state index contributed by atoms with van der Waals surface area (Å²) in [5, 5.41) is 8.76. The van der Waals surface area contributed by atoms with Gasteiger partial charge in [0.1, 0.15) is 0 Å². The highest BCUT2D eigenvalue weighted by molar-refractivity contribution is 5.71. The van der Waals surface area contributed by atoms with Gasteiger partial charge in [-0.05, 0) is 36.1 Å². The molecule has 2 heteroatoms. The van der Waals surface area contributed by atoms with Crippen LogP contribution in [0.4, 0.5) is 0 Å². The third kappa shape index (κ3) is 2.85. The van der Waals surface area contributed by atoms with Gasteiger partial charge in [0.2, 0.25) is 0 Å². The van der Waals surface area contributed by atoms with Gasteiger partial charge in [-0.2, -0.15) is 0 Å². The molecule has 0 aliphatic heterocycles. The van der Waals surface area contributed by atoms with Crippen LogP contribution in [0.3, 0.4) is 0 Å². The SMILES string of the molecule is C#CCc1cc(C)c(CC(=O)O)c(C)c1. The van der Waals surface area contributed by atoms with Gasteiger partial charge in [-0.3, -0.25) is 4.79 Å². The zero-order valence-electron chi connectivity index (χ0n) is 9.00. The summed E-state index contributed by atoms with van der Waals surface area (Å²) in [7, 11) is 0. The van der Waals surface area contributed by atoms with Gasteiger partial charge in [0.15, 0.2) is 0 Å².